The number of fused-ring (bicyclic) bond motifs is 2. The number of nitrogens with one attached hydrogen (secondary N) is 1. The van der Waals surface area contributed by atoms with E-state index < -0.39 is 10.0 Å². The highest BCUT2D eigenvalue weighted by Gasteiger charge is 2.22. The molecule has 0 spiro atoms. The molecule has 25 heavy (non-hydrogen) atoms. The summed E-state index contributed by atoms with van der Waals surface area (Å²) in [4.78, 5) is -0.106. The van der Waals surface area contributed by atoms with Crippen molar-refractivity contribution in [3.8, 4) is 5.75 Å². The molecule has 0 amide bonds. The van der Waals surface area contributed by atoms with Gasteiger partial charge in [0.15, 0.2) is 11.0 Å². The lowest BCUT2D eigenvalue weighted by atomic mass is 10.1. The van der Waals surface area contributed by atoms with Crippen LogP contribution in [0.1, 0.15) is 0 Å². The number of phenolic OH excluding ortho intramolecular Hbond substituents is 1. The molecule has 3 aromatic carbocycles. The summed E-state index contributed by atoms with van der Waals surface area (Å²) >= 11 is 5.97. The molecule has 0 aliphatic heterocycles. The topological polar surface area (TPSA) is 105 Å². The Kier molecular flexibility index (Phi) is 3.52. The van der Waals surface area contributed by atoms with Crippen LogP contribution >= 0.6 is 11.6 Å². The molecule has 0 aliphatic carbocycles. The van der Waals surface area contributed by atoms with Gasteiger partial charge < -0.3 is 5.11 Å². The number of anilines is 1. The lowest BCUT2D eigenvalue weighted by molar-refractivity contribution is 0.315. The van der Waals surface area contributed by atoms with Crippen LogP contribution in [0.15, 0.2) is 58.1 Å². The highest BCUT2D eigenvalue weighted by Crippen LogP contribution is 2.31. The Labute approximate surface area is 146 Å². The average Bonchev–Trinajstić information content (AvgIpc) is 3.05. The summed E-state index contributed by atoms with van der Waals surface area (Å²) in [6.07, 6.45) is 0. The Balaban J connectivity index is 1.86. The molecule has 7 nitrogen and oxygen atoms in total. The zero-order chi connectivity index (χ0) is 17.6. The van der Waals surface area contributed by atoms with Gasteiger partial charge in [0.1, 0.15) is 10.6 Å². The molecule has 0 saturated heterocycles. The summed E-state index contributed by atoms with van der Waals surface area (Å²) < 4.78 is 32.8. The highest BCUT2D eigenvalue weighted by molar-refractivity contribution is 7.93. The maximum Gasteiger partial charge on any atom is 0.264 e. The quantitative estimate of drug-likeness (QED) is 0.567. The van der Waals surface area contributed by atoms with Gasteiger partial charge in [-0.05, 0) is 46.0 Å². The fraction of sp³-hybridized carbons (Fsp3) is 0. The van der Waals surface area contributed by atoms with Crippen LogP contribution in [0, 0.1) is 0 Å². The normalized spacial score (nSPS) is 11.9. The number of hydrogen-bond acceptors (Lipinski definition) is 6. The van der Waals surface area contributed by atoms with Gasteiger partial charge in [0, 0.05) is 5.39 Å². The Hall–Kier alpha value is -2.84. The molecule has 0 aliphatic rings. The number of benzene rings is 3. The van der Waals surface area contributed by atoms with Crippen LogP contribution in [-0.4, -0.2) is 23.8 Å². The Morgan fingerprint density at radius 3 is 2.68 bits per heavy atom. The number of hydrogen-bond donors (Lipinski definition) is 2. The van der Waals surface area contributed by atoms with Crippen LogP contribution in [0.4, 0.5) is 5.69 Å². The molecule has 0 fully saturated rings. The Morgan fingerprint density at radius 1 is 1.04 bits per heavy atom. The first kappa shape index (κ1) is 15.7. The molecule has 0 radical (unpaired) electrons. The van der Waals surface area contributed by atoms with E-state index in [0.717, 1.165) is 5.39 Å². The summed E-state index contributed by atoms with van der Waals surface area (Å²) in [5, 5.41) is 18.5. The van der Waals surface area contributed by atoms with Gasteiger partial charge in [-0.2, -0.15) is 0 Å². The number of sulfonamides is 1. The van der Waals surface area contributed by atoms with E-state index in [9.17, 15) is 13.5 Å². The second kappa shape index (κ2) is 5.61. The number of aromatic hydroxyl groups is 1. The van der Waals surface area contributed by atoms with Crippen molar-refractivity contribution in [1.82, 2.24) is 10.3 Å². The molecule has 4 aromatic rings. The van der Waals surface area contributed by atoms with Gasteiger partial charge in [0.05, 0.1) is 10.7 Å². The maximum atomic E-state index is 12.8. The first-order valence-electron chi connectivity index (χ1n) is 7.11. The van der Waals surface area contributed by atoms with Gasteiger partial charge in [0.25, 0.3) is 10.0 Å². The van der Waals surface area contributed by atoms with Gasteiger partial charge in [-0.25, -0.2) is 13.0 Å². The summed E-state index contributed by atoms with van der Waals surface area (Å²) in [6, 6.07) is 12.6. The molecule has 126 valence electrons. The number of phenols is 1. The third-order valence-electron chi connectivity index (χ3n) is 3.73. The molecule has 9 heteroatoms. The summed E-state index contributed by atoms with van der Waals surface area (Å²) in [6.45, 7) is 0. The molecule has 0 saturated carbocycles. The zero-order valence-corrected chi connectivity index (χ0v) is 14.0. The summed E-state index contributed by atoms with van der Waals surface area (Å²) in [5.41, 5.74) is 0.538. The van der Waals surface area contributed by atoms with Gasteiger partial charge in [-0.1, -0.05) is 29.8 Å². The number of halogens is 1. The SMILES string of the molecule is O=S(=O)(Nc1cccc2ccc(O)cc12)c1ccc(Cl)c2nonc12. The van der Waals surface area contributed by atoms with Crippen LogP contribution in [0.3, 0.4) is 0 Å². The van der Waals surface area contributed by atoms with Gasteiger partial charge in [-0.15, -0.1) is 0 Å². The molecule has 0 atom stereocenters. The predicted molar refractivity (Wildman–Crippen MR) is 93.2 cm³/mol. The van der Waals surface area contributed by atoms with Gasteiger partial charge in [-0.3, -0.25) is 4.72 Å². The predicted octanol–water partition coefficient (Wildman–Crippen LogP) is 3.54. The summed E-state index contributed by atoms with van der Waals surface area (Å²) in [7, 11) is -3.98. The first-order chi connectivity index (χ1) is 12.0. The second-order valence-electron chi connectivity index (χ2n) is 5.32. The minimum absolute atomic E-state index is 0.0359. The summed E-state index contributed by atoms with van der Waals surface area (Å²) in [5.74, 6) is 0.0359. The van der Waals surface area contributed by atoms with Crippen LogP contribution in [0.5, 0.6) is 5.75 Å². The Bertz CT molecular complexity index is 1220. The number of nitrogens with zero attached hydrogens (tertiary/aromatic N) is 2. The van der Waals surface area contributed by atoms with E-state index in [1.165, 1.54) is 24.3 Å². The molecule has 1 aromatic heterocycles. The van der Waals surface area contributed by atoms with E-state index in [4.69, 9.17) is 11.6 Å². The standard InChI is InChI=1S/C16H10ClN3O4S/c17-12-6-7-14(16-15(12)18-24-19-16)25(22,23)20-13-3-1-2-9-4-5-10(21)8-11(9)13/h1-8,20-21H. The number of rotatable bonds is 3. The molecule has 0 bridgehead atoms. The van der Waals surface area contributed by atoms with Crippen molar-refractivity contribution in [3.05, 3.63) is 53.6 Å². The molecule has 4 rings (SSSR count). The fourth-order valence-electron chi connectivity index (χ4n) is 2.58. The van der Waals surface area contributed by atoms with Crippen LogP contribution < -0.4 is 4.72 Å². The van der Waals surface area contributed by atoms with Crippen molar-refractivity contribution in [3.63, 3.8) is 0 Å². The first-order valence-corrected chi connectivity index (χ1v) is 8.97. The van der Waals surface area contributed by atoms with E-state index in [1.807, 2.05) is 6.07 Å². The van der Waals surface area contributed by atoms with E-state index in [1.54, 1.807) is 18.2 Å². The molecular formula is C16H10ClN3O4S. The van der Waals surface area contributed by atoms with Crippen LogP contribution in [-0.2, 0) is 10.0 Å². The van der Waals surface area contributed by atoms with Crippen molar-refractivity contribution in [2.45, 2.75) is 4.90 Å². The lowest BCUT2D eigenvalue weighted by Gasteiger charge is -2.11. The van der Waals surface area contributed by atoms with Crippen molar-refractivity contribution in [2.75, 3.05) is 4.72 Å². The largest absolute Gasteiger partial charge is 0.508 e. The smallest absolute Gasteiger partial charge is 0.264 e. The second-order valence-corrected chi connectivity index (χ2v) is 7.38. The van der Waals surface area contributed by atoms with E-state index in [0.29, 0.717) is 11.1 Å². The van der Waals surface area contributed by atoms with Crippen molar-refractivity contribution >= 4 is 49.1 Å². The van der Waals surface area contributed by atoms with Crippen LogP contribution in [0.25, 0.3) is 21.8 Å². The monoisotopic (exact) mass is 375 g/mol. The number of aromatic nitrogens is 2. The van der Waals surface area contributed by atoms with E-state index in [2.05, 4.69) is 19.7 Å². The highest BCUT2D eigenvalue weighted by atomic mass is 35.5. The molecule has 1 heterocycles. The maximum absolute atomic E-state index is 12.8. The fourth-order valence-corrected chi connectivity index (χ4v) is 3.98. The average molecular weight is 376 g/mol. The van der Waals surface area contributed by atoms with E-state index in [-0.39, 0.29) is 26.7 Å². The van der Waals surface area contributed by atoms with Crippen molar-refractivity contribution < 1.29 is 18.2 Å². The van der Waals surface area contributed by atoms with Gasteiger partial charge in [0.2, 0.25) is 0 Å². The van der Waals surface area contributed by atoms with Gasteiger partial charge >= 0.3 is 0 Å². The van der Waals surface area contributed by atoms with Crippen LogP contribution in [0.2, 0.25) is 5.02 Å². The van der Waals surface area contributed by atoms with Crippen molar-refractivity contribution in [1.29, 1.82) is 0 Å². The Morgan fingerprint density at radius 2 is 1.84 bits per heavy atom. The molecule has 2 N–H and O–H groups in total. The minimum Gasteiger partial charge on any atom is -0.508 e. The molecule has 0 unspecified atom stereocenters. The minimum atomic E-state index is -3.98. The zero-order valence-electron chi connectivity index (χ0n) is 12.5. The lowest BCUT2D eigenvalue weighted by Crippen LogP contribution is -2.13. The third-order valence-corrected chi connectivity index (χ3v) is 5.43. The van der Waals surface area contributed by atoms with E-state index >= 15 is 0 Å². The molecular weight excluding hydrogens is 366 g/mol. The third kappa shape index (κ3) is 2.65. The van der Waals surface area contributed by atoms with Crippen molar-refractivity contribution in [2.24, 2.45) is 0 Å².